The molecule has 0 aliphatic carbocycles. The zero-order chi connectivity index (χ0) is 16.5. The molecule has 1 fully saturated rings. The Bertz CT molecular complexity index is 744. The molecule has 24 heavy (non-hydrogen) atoms. The molecule has 124 valence electrons. The van der Waals surface area contributed by atoms with Gasteiger partial charge in [-0.15, -0.1) is 0 Å². The van der Waals surface area contributed by atoms with E-state index in [2.05, 4.69) is 48.1 Å². The van der Waals surface area contributed by atoms with E-state index < -0.39 is 0 Å². The van der Waals surface area contributed by atoms with Crippen molar-refractivity contribution in [2.45, 2.75) is 38.3 Å². The Balaban J connectivity index is 1.52. The molecule has 4 heteroatoms. The van der Waals surface area contributed by atoms with Crippen molar-refractivity contribution in [2.24, 2.45) is 0 Å². The summed E-state index contributed by atoms with van der Waals surface area (Å²) < 4.78 is 0. The van der Waals surface area contributed by atoms with Gasteiger partial charge in [0.1, 0.15) is 6.04 Å². The van der Waals surface area contributed by atoms with Gasteiger partial charge in [-0.3, -0.25) is 4.79 Å². The molecule has 2 heterocycles. The Morgan fingerprint density at radius 3 is 2.79 bits per heavy atom. The fourth-order valence-electron chi connectivity index (χ4n) is 3.77. The van der Waals surface area contributed by atoms with Gasteiger partial charge in [0.15, 0.2) is 0 Å². The topological polar surface area (TPSA) is 44.4 Å². The molecular formula is C20H23N3O. The van der Waals surface area contributed by atoms with Crippen LogP contribution in [0, 0.1) is 6.92 Å². The van der Waals surface area contributed by atoms with Crippen LogP contribution in [0.3, 0.4) is 0 Å². The third kappa shape index (κ3) is 2.83. The standard InChI is InChI=1S/C20H23N3O/c1-14-9-10-19-16(12-14)8-5-11-23(19)20(24)18-13-17(21-22-18)15-6-3-2-4-7-15/h2-4,6-7,9-10,12,17-18,21-22H,5,8,11,13H2,1H3. The number of nitrogens with zero attached hydrogens (tertiary/aromatic N) is 1. The summed E-state index contributed by atoms with van der Waals surface area (Å²) in [5.41, 5.74) is 11.3. The van der Waals surface area contributed by atoms with Crippen molar-refractivity contribution in [3.8, 4) is 0 Å². The summed E-state index contributed by atoms with van der Waals surface area (Å²) in [6, 6.07) is 16.7. The van der Waals surface area contributed by atoms with Crippen LogP contribution in [0.25, 0.3) is 0 Å². The van der Waals surface area contributed by atoms with Crippen molar-refractivity contribution in [3.05, 3.63) is 65.2 Å². The SMILES string of the molecule is Cc1ccc2c(c1)CCCN2C(=O)C1CC(c2ccccc2)NN1. The van der Waals surface area contributed by atoms with Crippen molar-refractivity contribution < 1.29 is 4.79 Å². The largest absolute Gasteiger partial charge is 0.311 e. The smallest absolute Gasteiger partial charge is 0.245 e. The summed E-state index contributed by atoms with van der Waals surface area (Å²) in [5.74, 6) is 0.172. The molecule has 2 aromatic carbocycles. The molecule has 0 radical (unpaired) electrons. The lowest BCUT2D eigenvalue weighted by Crippen LogP contribution is -2.47. The molecule has 2 unspecified atom stereocenters. The number of anilines is 1. The molecule has 0 spiro atoms. The second kappa shape index (κ2) is 6.38. The van der Waals surface area contributed by atoms with Gasteiger partial charge >= 0.3 is 0 Å². The van der Waals surface area contributed by atoms with Crippen molar-refractivity contribution in [1.29, 1.82) is 0 Å². The summed E-state index contributed by atoms with van der Waals surface area (Å²) in [5, 5.41) is 0. The second-order valence-electron chi connectivity index (χ2n) is 6.77. The molecule has 0 saturated carbocycles. The minimum Gasteiger partial charge on any atom is -0.311 e. The number of rotatable bonds is 2. The highest BCUT2D eigenvalue weighted by Crippen LogP contribution is 2.30. The van der Waals surface area contributed by atoms with E-state index in [0.29, 0.717) is 0 Å². The number of amides is 1. The summed E-state index contributed by atoms with van der Waals surface area (Å²) in [6.45, 7) is 2.91. The van der Waals surface area contributed by atoms with E-state index in [1.165, 1.54) is 16.7 Å². The highest BCUT2D eigenvalue weighted by atomic mass is 16.2. The quantitative estimate of drug-likeness (QED) is 0.894. The molecule has 2 aliphatic rings. The maximum Gasteiger partial charge on any atom is 0.245 e. The predicted octanol–water partition coefficient (Wildman–Crippen LogP) is 2.88. The van der Waals surface area contributed by atoms with Crippen LogP contribution in [0.2, 0.25) is 0 Å². The van der Waals surface area contributed by atoms with Gasteiger partial charge in [0, 0.05) is 18.3 Å². The van der Waals surface area contributed by atoms with Crippen molar-refractivity contribution in [3.63, 3.8) is 0 Å². The molecule has 4 nitrogen and oxygen atoms in total. The second-order valence-corrected chi connectivity index (χ2v) is 6.77. The monoisotopic (exact) mass is 321 g/mol. The first-order chi connectivity index (χ1) is 11.7. The number of hydrogen-bond donors (Lipinski definition) is 2. The van der Waals surface area contributed by atoms with Gasteiger partial charge in [0.2, 0.25) is 5.91 Å². The van der Waals surface area contributed by atoms with E-state index >= 15 is 0 Å². The van der Waals surface area contributed by atoms with Crippen LogP contribution in [-0.4, -0.2) is 18.5 Å². The van der Waals surface area contributed by atoms with E-state index in [9.17, 15) is 4.79 Å². The van der Waals surface area contributed by atoms with Gasteiger partial charge in [-0.25, -0.2) is 10.9 Å². The van der Waals surface area contributed by atoms with E-state index in [4.69, 9.17) is 0 Å². The Labute approximate surface area is 142 Å². The third-order valence-corrected chi connectivity index (χ3v) is 5.02. The summed E-state index contributed by atoms with van der Waals surface area (Å²) in [6.07, 6.45) is 2.87. The maximum absolute atomic E-state index is 13.0. The van der Waals surface area contributed by atoms with E-state index in [1.54, 1.807) is 0 Å². The average molecular weight is 321 g/mol. The molecule has 0 aromatic heterocycles. The zero-order valence-corrected chi connectivity index (χ0v) is 14.0. The van der Waals surface area contributed by atoms with Crippen LogP contribution in [0.5, 0.6) is 0 Å². The highest BCUT2D eigenvalue weighted by Gasteiger charge is 2.34. The van der Waals surface area contributed by atoms with Gasteiger partial charge in [-0.05, 0) is 43.4 Å². The van der Waals surface area contributed by atoms with Crippen LogP contribution in [0.1, 0.15) is 35.6 Å². The zero-order valence-electron chi connectivity index (χ0n) is 14.0. The van der Waals surface area contributed by atoms with Crippen molar-refractivity contribution in [2.75, 3.05) is 11.4 Å². The van der Waals surface area contributed by atoms with Crippen molar-refractivity contribution in [1.82, 2.24) is 10.9 Å². The number of hydrazine groups is 1. The number of carbonyl (C=O) groups excluding carboxylic acids is 1. The van der Waals surface area contributed by atoms with E-state index in [1.807, 2.05) is 23.1 Å². The fraction of sp³-hybridized carbons (Fsp3) is 0.350. The molecule has 0 bridgehead atoms. The predicted molar refractivity (Wildman–Crippen MR) is 95.7 cm³/mol. The molecule has 2 N–H and O–H groups in total. The number of benzene rings is 2. The van der Waals surface area contributed by atoms with E-state index in [-0.39, 0.29) is 18.0 Å². The Morgan fingerprint density at radius 1 is 1.12 bits per heavy atom. The first-order valence-corrected chi connectivity index (χ1v) is 8.69. The third-order valence-electron chi connectivity index (χ3n) is 5.02. The normalized spacial score (nSPS) is 23.1. The van der Waals surface area contributed by atoms with Gasteiger partial charge < -0.3 is 4.90 Å². The molecule has 1 amide bonds. The van der Waals surface area contributed by atoms with Crippen LogP contribution in [0.4, 0.5) is 5.69 Å². The van der Waals surface area contributed by atoms with Crippen LogP contribution in [0.15, 0.2) is 48.5 Å². The van der Waals surface area contributed by atoms with Crippen LogP contribution < -0.4 is 15.8 Å². The lowest BCUT2D eigenvalue weighted by Gasteiger charge is -2.31. The lowest BCUT2D eigenvalue weighted by molar-refractivity contribution is -0.120. The summed E-state index contributed by atoms with van der Waals surface area (Å²) in [7, 11) is 0. The molecule has 1 saturated heterocycles. The van der Waals surface area contributed by atoms with Crippen LogP contribution >= 0.6 is 0 Å². The molecule has 2 atom stereocenters. The first kappa shape index (κ1) is 15.4. The number of fused-ring (bicyclic) bond motifs is 1. The molecule has 2 aromatic rings. The summed E-state index contributed by atoms with van der Waals surface area (Å²) in [4.78, 5) is 15.0. The Morgan fingerprint density at radius 2 is 1.96 bits per heavy atom. The van der Waals surface area contributed by atoms with Crippen molar-refractivity contribution >= 4 is 11.6 Å². The number of aryl methyl sites for hydroxylation is 2. The van der Waals surface area contributed by atoms with Gasteiger partial charge in [-0.2, -0.15) is 0 Å². The Kier molecular flexibility index (Phi) is 4.08. The van der Waals surface area contributed by atoms with Gasteiger partial charge in [0.05, 0.1) is 0 Å². The number of hydrogen-bond acceptors (Lipinski definition) is 3. The minimum absolute atomic E-state index is 0.172. The number of nitrogens with one attached hydrogen (secondary N) is 2. The van der Waals surface area contributed by atoms with Gasteiger partial charge in [-0.1, -0.05) is 48.0 Å². The maximum atomic E-state index is 13.0. The fourth-order valence-corrected chi connectivity index (χ4v) is 3.77. The molecule has 2 aliphatic heterocycles. The van der Waals surface area contributed by atoms with E-state index in [0.717, 1.165) is 31.5 Å². The first-order valence-electron chi connectivity index (χ1n) is 8.69. The highest BCUT2D eigenvalue weighted by molar-refractivity contribution is 5.98. The molecule has 4 rings (SSSR count). The molecular weight excluding hydrogens is 298 g/mol. The Hall–Kier alpha value is -2.17. The van der Waals surface area contributed by atoms with Crippen LogP contribution in [-0.2, 0) is 11.2 Å². The average Bonchev–Trinajstić information content (AvgIpc) is 3.11. The summed E-state index contributed by atoms with van der Waals surface area (Å²) >= 11 is 0. The number of carbonyl (C=O) groups is 1. The lowest BCUT2D eigenvalue weighted by atomic mass is 9.97. The van der Waals surface area contributed by atoms with Gasteiger partial charge in [0.25, 0.3) is 0 Å². The minimum atomic E-state index is -0.178.